The van der Waals surface area contributed by atoms with Gasteiger partial charge in [-0.1, -0.05) is 23.5 Å². The van der Waals surface area contributed by atoms with Gasteiger partial charge in [0.1, 0.15) is 5.69 Å². The van der Waals surface area contributed by atoms with E-state index < -0.39 is 5.91 Å². The quantitative estimate of drug-likeness (QED) is 0.496. The van der Waals surface area contributed by atoms with Crippen molar-refractivity contribution in [2.45, 2.75) is 0 Å². The maximum absolute atomic E-state index is 11.2. The van der Waals surface area contributed by atoms with Crippen molar-refractivity contribution in [2.24, 2.45) is 0 Å². The van der Waals surface area contributed by atoms with E-state index in [1.54, 1.807) is 11.7 Å². The van der Waals surface area contributed by atoms with Crippen LogP contribution in [0.25, 0.3) is 15.2 Å². The number of rotatable bonds is 1. The molecular weight excluding hydrogens is 226 g/mol. The van der Waals surface area contributed by atoms with Crippen LogP contribution in [-0.4, -0.2) is 20.5 Å². The summed E-state index contributed by atoms with van der Waals surface area (Å²) >= 11 is 1.50. The van der Waals surface area contributed by atoms with Gasteiger partial charge in [-0.25, -0.2) is 10.5 Å². The number of aromatic nitrogens is 2. The van der Waals surface area contributed by atoms with Gasteiger partial charge >= 0.3 is 0 Å². The Balaban J connectivity index is 2.30. The van der Waals surface area contributed by atoms with Gasteiger partial charge in [-0.3, -0.25) is 14.4 Å². The Bertz CT molecular complexity index is 686. The van der Waals surface area contributed by atoms with E-state index in [0.29, 0.717) is 0 Å². The number of imidazole rings is 1. The molecule has 3 rings (SSSR count). The van der Waals surface area contributed by atoms with E-state index in [1.165, 1.54) is 11.3 Å². The molecule has 5 nitrogen and oxygen atoms in total. The molecule has 0 saturated heterocycles. The van der Waals surface area contributed by atoms with Crippen molar-refractivity contribution in [1.29, 1.82) is 0 Å². The van der Waals surface area contributed by atoms with E-state index in [1.807, 2.05) is 28.7 Å². The monoisotopic (exact) mass is 233 g/mol. The van der Waals surface area contributed by atoms with Gasteiger partial charge in [0.15, 0.2) is 4.96 Å². The summed E-state index contributed by atoms with van der Waals surface area (Å²) in [6.45, 7) is 0. The summed E-state index contributed by atoms with van der Waals surface area (Å²) in [5.41, 5.74) is 2.78. The topological polar surface area (TPSA) is 66.6 Å². The number of hydrogen-bond donors (Lipinski definition) is 2. The standard InChI is InChI=1S/C10H7N3O2S/c14-9(12-15)6-5-13-7-3-1-2-4-8(7)16-10(13)11-6/h1-5,15H,(H,12,14). The minimum atomic E-state index is -0.597. The molecule has 1 aromatic carbocycles. The van der Waals surface area contributed by atoms with Crippen LogP contribution in [0.5, 0.6) is 0 Å². The molecule has 0 bridgehead atoms. The first-order valence-electron chi connectivity index (χ1n) is 4.60. The number of para-hydroxylation sites is 1. The number of fused-ring (bicyclic) bond motifs is 3. The molecule has 0 aliphatic rings. The third-order valence-corrected chi connectivity index (χ3v) is 3.37. The summed E-state index contributed by atoms with van der Waals surface area (Å²) in [5.74, 6) is -0.597. The molecule has 16 heavy (non-hydrogen) atoms. The van der Waals surface area contributed by atoms with Crippen LogP contribution in [0.2, 0.25) is 0 Å². The van der Waals surface area contributed by atoms with Gasteiger partial charge in [0.25, 0.3) is 5.91 Å². The normalized spacial score (nSPS) is 11.1. The van der Waals surface area contributed by atoms with Gasteiger partial charge in [-0.2, -0.15) is 0 Å². The smallest absolute Gasteiger partial charge is 0.289 e. The number of thiazole rings is 1. The van der Waals surface area contributed by atoms with Crippen molar-refractivity contribution in [3.8, 4) is 0 Å². The Kier molecular flexibility index (Phi) is 1.92. The van der Waals surface area contributed by atoms with Gasteiger partial charge in [0.05, 0.1) is 10.2 Å². The van der Waals surface area contributed by atoms with Crippen molar-refractivity contribution >= 4 is 32.4 Å². The Labute approximate surface area is 93.9 Å². The lowest BCUT2D eigenvalue weighted by molar-refractivity contribution is 0.0701. The summed E-state index contributed by atoms with van der Waals surface area (Å²) < 4.78 is 2.95. The highest BCUT2D eigenvalue weighted by Crippen LogP contribution is 2.25. The molecule has 1 amide bonds. The van der Waals surface area contributed by atoms with Crippen LogP contribution in [0.1, 0.15) is 10.5 Å². The fraction of sp³-hybridized carbons (Fsp3) is 0. The van der Waals surface area contributed by atoms with Crippen LogP contribution < -0.4 is 5.48 Å². The van der Waals surface area contributed by atoms with E-state index >= 15 is 0 Å². The maximum Gasteiger partial charge on any atom is 0.294 e. The lowest BCUT2D eigenvalue weighted by atomic mass is 10.3. The maximum atomic E-state index is 11.2. The van der Waals surface area contributed by atoms with Crippen molar-refractivity contribution in [2.75, 3.05) is 0 Å². The van der Waals surface area contributed by atoms with Gasteiger partial charge in [0.2, 0.25) is 0 Å². The number of carbonyl (C=O) groups excluding carboxylic acids is 1. The molecule has 0 aliphatic heterocycles. The van der Waals surface area contributed by atoms with Crippen LogP contribution in [0.3, 0.4) is 0 Å². The molecule has 3 aromatic rings. The summed E-state index contributed by atoms with van der Waals surface area (Å²) in [6, 6.07) is 7.85. The van der Waals surface area contributed by atoms with Crippen molar-refractivity contribution in [3.05, 3.63) is 36.2 Å². The fourth-order valence-electron chi connectivity index (χ4n) is 1.62. The lowest BCUT2D eigenvalue weighted by Gasteiger charge is -1.91. The van der Waals surface area contributed by atoms with Gasteiger partial charge in [0, 0.05) is 6.20 Å². The number of hydrogen-bond acceptors (Lipinski definition) is 4. The molecule has 2 N–H and O–H groups in total. The van der Waals surface area contributed by atoms with Crippen molar-refractivity contribution in [3.63, 3.8) is 0 Å². The zero-order chi connectivity index (χ0) is 11.1. The number of hydroxylamine groups is 1. The Morgan fingerprint density at radius 2 is 2.25 bits per heavy atom. The van der Waals surface area contributed by atoms with E-state index in [4.69, 9.17) is 5.21 Å². The van der Waals surface area contributed by atoms with E-state index in [9.17, 15) is 4.79 Å². The predicted octanol–water partition coefficient (Wildman–Crippen LogP) is 1.67. The zero-order valence-electron chi connectivity index (χ0n) is 8.04. The second-order valence-corrected chi connectivity index (χ2v) is 4.30. The largest absolute Gasteiger partial charge is 0.294 e. The first-order chi connectivity index (χ1) is 7.79. The van der Waals surface area contributed by atoms with Crippen LogP contribution in [0.15, 0.2) is 30.5 Å². The molecular formula is C10H7N3O2S. The Hall–Kier alpha value is -1.92. The minimum Gasteiger partial charge on any atom is -0.289 e. The SMILES string of the molecule is O=C(NO)c1cn2c(n1)sc1ccccc12. The van der Waals surface area contributed by atoms with Crippen molar-refractivity contribution < 1.29 is 10.0 Å². The third kappa shape index (κ3) is 1.21. The average Bonchev–Trinajstić information content (AvgIpc) is 2.85. The van der Waals surface area contributed by atoms with Crippen LogP contribution in [0.4, 0.5) is 0 Å². The first-order valence-corrected chi connectivity index (χ1v) is 5.42. The van der Waals surface area contributed by atoms with Gasteiger partial charge < -0.3 is 0 Å². The molecule has 0 spiro atoms. The number of benzene rings is 1. The molecule has 2 aromatic heterocycles. The third-order valence-electron chi connectivity index (χ3n) is 2.33. The van der Waals surface area contributed by atoms with E-state index in [0.717, 1.165) is 15.2 Å². The van der Waals surface area contributed by atoms with E-state index in [2.05, 4.69) is 4.98 Å². The highest BCUT2D eigenvalue weighted by molar-refractivity contribution is 7.23. The molecule has 80 valence electrons. The summed E-state index contributed by atoms with van der Waals surface area (Å²) in [5, 5.41) is 8.52. The van der Waals surface area contributed by atoms with Crippen LogP contribution >= 0.6 is 11.3 Å². The van der Waals surface area contributed by atoms with E-state index in [-0.39, 0.29) is 5.69 Å². The van der Waals surface area contributed by atoms with Crippen LogP contribution in [0, 0.1) is 0 Å². The zero-order valence-corrected chi connectivity index (χ0v) is 8.86. The second kappa shape index (κ2) is 3.29. The molecule has 0 fully saturated rings. The summed E-state index contributed by atoms with van der Waals surface area (Å²) in [6.07, 6.45) is 1.61. The highest BCUT2D eigenvalue weighted by Gasteiger charge is 2.12. The van der Waals surface area contributed by atoms with Crippen molar-refractivity contribution in [1.82, 2.24) is 14.9 Å². The van der Waals surface area contributed by atoms with Gasteiger partial charge in [-0.15, -0.1) is 0 Å². The number of amides is 1. The second-order valence-electron chi connectivity index (χ2n) is 3.29. The predicted molar refractivity (Wildman–Crippen MR) is 59.8 cm³/mol. The summed E-state index contributed by atoms with van der Waals surface area (Å²) in [7, 11) is 0. The average molecular weight is 233 g/mol. The molecule has 0 atom stereocenters. The first kappa shape index (κ1) is 9.32. The number of nitrogens with zero attached hydrogens (tertiary/aromatic N) is 2. The molecule has 0 saturated carbocycles. The molecule has 0 radical (unpaired) electrons. The number of carbonyl (C=O) groups is 1. The molecule has 0 aliphatic carbocycles. The van der Waals surface area contributed by atoms with Gasteiger partial charge in [-0.05, 0) is 12.1 Å². The molecule has 2 heterocycles. The fourth-order valence-corrected chi connectivity index (χ4v) is 2.62. The lowest BCUT2D eigenvalue weighted by Crippen LogP contribution is -2.18. The highest BCUT2D eigenvalue weighted by atomic mass is 32.1. The molecule has 0 unspecified atom stereocenters. The summed E-state index contributed by atoms with van der Waals surface area (Å²) in [4.78, 5) is 16.1. The Morgan fingerprint density at radius 1 is 1.44 bits per heavy atom. The minimum absolute atomic E-state index is 0.208. The Morgan fingerprint density at radius 3 is 3.06 bits per heavy atom. The molecule has 6 heteroatoms. The van der Waals surface area contributed by atoms with Crippen LogP contribution in [-0.2, 0) is 0 Å². The number of nitrogens with one attached hydrogen (secondary N) is 1.